The number of rotatable bonds is 10. The number of hydrogen-bond acceptors (Lipinski definition) is 6. The van der Waals surface area contributed by atoms with Gasteiger partial charge in [0.2, 0.25) is 0 Å². The van der Waals surface area contributed by atoms with Gasteiger partial charge >= 0.3 is 0 Å². The van der Waals surface area contributed by atoms with E-state index in [1.54, 1.807) is 32.4 Å². The molecular weight excluding hydrogens is 496 g/mol. The standard InChI is InChI=1S/C31H30N2O6/c1-37-21-9-11-25-23(16-21)20(18-32-25)13-14-33-29(24-17-22(38-2)10-12-27(24)39-3)28(30(35)31(33)36)26(34)15-19-7-5-4-6-8-19/h4-12,16-18,29,32,35H,13-15H2,1-3H3/t29-/m0/s1. The van der Waals surface area contributed by atoms with Crippen molar-refractivity contribution in [3.8, 4) is 17.2 Å². The molecule has 0 unspecified atom stereocenters. The van der Waals surface area contributed by atoms with Gasteiger partial charge in [0, 0.05) is 35.6 Å². The van der Waals surface area contributed by atoms with Crippen molar-refractivity contribution in [2.75, 3.05) is 27.9 Å². The number of Topliss-reactive ketones (excluding diaryl/α,β-unsaturated/α-hetero) is 1. The van der Waals surface area contributed by atoms with Crippen LogP contribution in [0.3, 0.4) is 0 Å². The second-order valence-electron chi connectivity index (χ2n) is 9.33. The normalized spacial score (nSPS) is 15.2. The maximum absolute atomic E-state index is 13.6. The number of carbonyl (C=O) groups excluding carboxylic acids is 2. The number of aliphatic hydroxyl groups excluding tert-OH is 1. The van der Waals surface area contributed by atoms with Gasteiger partial charge in [0.05, 0.1) is 32.9 Å². The second-order valence-corrected chi connectivity index (χ2v) is 9.33. The minimum Gasteiger partial charge on any atom is -0.503 e. The van der Waals surface area contributed by atoms with E-state index in [9.17, 15) is 14.7 Å². The van der Waals surface area contributed by atoms with Crippen molar-refractivity contribution in [1.82, 2.24) is 9.88 Å². The molecule has 1 aliphatic heterocycles. The van der Waals surface area contributed by atoms with Gasteiger partial charge in [-0.25, -0.2) is 0 Å². The molecule has 5 rings (SSSR count). The number of ether oxygens (including phenoxy) is 3. The molecule has 0 bridgehead atoms. The first-order valence-electron chi connectivity index (χ1n) is 12.6. The van der Waals surface area contributed by atoms with Crippen LogP contribution in [0.15, 0.2) is 84.3 Å². The molecule has 1 atom stereocenters. The summed E-state index contributed by atoms with van der Waals surface area (Å²) in [5, 5.41) is 12.0. The lowest BCUT2D eigenvalue weighted by Gasteiger charge is -2.28. The molecule has 0 radical (unpaired) electrons. The molecule has 1 amide bonds. The van der Waals surface area contributed by atoms with Gasteiger partial charge in [0.15, 0.2) is 11.5 Å². The van der Waals surface area contributed by atoms with Crippen LogP contribution in [0.2, 0.25) is 0 Å². The third-order valence-corrected chi connectivity index (χ3v) is 7.14. The topological polar surface area (TPSA) is 101 Å². The van der Waals surface area contributed by atoms with Gasteiger partial charge < -0.3 is 29.2 Å². The van der Waals surface area contributed by atoms with Gasteiger partial charge in [-0.05, 0) is 53.9 Å². The van der Waals surface area contributed by atoms with Crippen LogP contribution in [0.1, 0.15) is 22.7 Å². The van der Waals surface area contributed by atoms with Crippen LogP contribution >= 0.6 is 0 Å². The lowest BCUT2D eigenvalue weighted by Crippen LogP contribution is -2.33. The number of aliphatic hydroxyl groups is 1. The Bertz CT molecular complexity index is 1560. The number of amides is 1. The average molecular weight is 527 g/mol. The molecule has 3 aromatic carbocycles. The predicted octanol–water partition coefficient (Wildman–Crippen LogP) is 4.94. The SMILES string of the molecule is COc1ccc(OC)c([C@H]2C(C(=O)Cc3ccccc3)=C(O)C(=O)N2CCc2c[nH]c3ccc(OC)cc23)c1. The summed E-state index contributed by atoms with van der Waals surface area (Å²) >= 11 is 0. The Hall–Kier alpha value is -4.72. The summed E-state index contributed by atoms with van der Waals surface area (Å²) in [5.41, 5.74) is 3.33. The van der Waals surface area contributed by atoms with Crippen molar-refractivity contribution in [2.45, 2.75) is 18.9 Å². The second kappa shape index (κ2) is 10.9. The van der Waals surface area contributed by atoms with Gasteiger partial charge in [0.1, 0.15) is 17.2 Å². The van der Waals surface area contributed by atoms with Crippen LogP contribution < -0.4 is 14.2 Å². The Kier molecular flexibility index (Phi) is 7.27. The molecule has 8 nitrogen and oxygen atoms in total. The zero-order chi connectivity index (χ0) is 27.5. The summed E-state index contributed by atoms with van der Waals surface area (Å²) in [7, 11) is 4.69. The summed E-state index contributed by atoms with van der Waals surface area (Å²) in [4.78, 5) is 31.9. The first-order chi connectivity index (χ1) is 18.9. The molecule has 39 heavy (non-hydrogen) atoms. The van der Waals surface area contributed by atoms with E-state index in [0.29, 0.717) is 23.5 Å². The minimum absolute atomic E-state index is 0.0480. The molecule has 0 spiro atoms. The van der Waals surface area contributed by atoms with E-state index < -0.39 is 17.7 Å². The highest BCUT2D eigenvalue weighted by atomic mass is 16.5. The molecule has 0 aliphatic carbocycles. The van der Waals surface area contributed by atoms with Crippen molar-refractivity contribution < 1.29 is 28.9 Å². The average Bonchev–Trinajstić information content (AvgIpc) is 3.48. The Morgan fingerprint density at radius 1 is 0.949 bits per heavy atom. The fourth-order valence-electron chi connectivity index (χ4n) is 5.15. The number of aromatic amines is 1. The number of H-pyrrole nitrogens is 1. The van der Waals surface area contributed by atoms with E-state index in [1.807, 2.05) is 54.7 Å². The molecular formula is C31H30N2O6. The molecule has 0 saturated heterocycles. The minimum atomic E-state index is -0.849. The summed E-state index contributed by atoms with van der Waals surface area (Å²) in [6, 6.07) is 19.4. The number of fused-ring (bicyclic) bond motifs is 1. The molecule has 1 aromatic heterocycles. The summed E-state index contributed by atoms with van der Waals surface area (Å²) in [6.45, 7) is 0.250. The van der Waals surface area contributed by atoms with Crippen LogP contribution in [0.5, 0.6) is 17.2 Å². The van der Waals surface area contributed by atoms with E-state index in [-0.39, 0.29) is 24.3 Å². The molecule has 0 fully saturated rings. The van der Waals surface area contributed by atoms with E-state index in [2.05, 4.69) is 4.98 Å². The number of hydrogen-bond donors (Lipinski definition) is 2. The summed E-state index contributed by atoms with van der Waals surface area (Å²) < 4.78 is 16.5. The van der Waals surface area contributed by atoms with Crippen LogP contribution in [0.25, 0.3) is 10.9 Å². The molecule has 0 saturated carbocycles. The zero-order valence-electron chi connectivity index (χ0n) is 22.1. The first-order valence-corrected chi connectivity index (χ1v) is 12.6. The molecule has 8 heteroatoms. The fraction of sp³-hybridized carbons (Fsp3) is 0.226. The first kappa shape index (κ1) is 25.9. The Morgan fingerprint density at radius 2 is 1.67 bits per heavy atom. The Balaban J connectivity index is 1.54. The molecule has 2 heterocycles. The maximum Gasteiger partial charge on any atom is 0.290 e. The fourth-order valence-corrected chi connectivity index (χ4v) is 5.15. The van der Waals surface area contributed by atoms with Crippen LogP contribution in [0.4, 0.5) is 0 Å². The lowest BCUT2D eigenvalue weighted by molar-refractivity contribution is -0.129. The van der Waals surface area contributed by atoms with Crippen molar-refractivity contribution >= 4 is 22.6 Å². The van der Waals surface area contributed by atoms with Crippen molar-refractivity contribution in [3.63, 3.8) is 0 Å². The number of nitrogens with one attached hydrogen (secondary N) is 1. The third-order valence-electron chi connectivity index (χ3n) is 7.14. The highest BCUT2D eigenvalue weighted by Gasteiger charge is 2.44. The number of nitrogens with zero attached hydrogens (tertiary/aromatic N) is 1. The van der Waals surface area contributed by atoms with Gasteiger partial charge in [-0.3, -0.25) is 9.59 Å². The lowest BCUT2D eigenvalue weighted by atomic mass is 9.92. The van der Waals surface area contributed by atoms with E-state index >= 15 is 0 Å². The number of ketones is 1. The van der Waals surface area contributed by atoms with E-state index in [1.165, 1.54) is 12.0 Å². The van der Waals surface area contributed by atoms with Crippen molar-refractivity contribution in [2.24, 2.45) is 0 Å². The van der Waals surface area contributed by atoms with E-state index in [4.69, 9.17) is 14.2 Å². The maximum atomic E-state index is 13.6. The Morgan fingerprint density at radius 3 is 2.38 bits per heavy atom. The van der Waals surface area contributed by atoms with Crippen LogP contribution in [-0.2, 0) is 22.4 Å². The molecule has 200 valence electrons. The molecule has 4 aromatic rings. The quantitative estimate of drug-likeness (QED) is 0.304. The molecule has 2 N–H and O–H groups in total. The largest absolute Gasteiger partial charge is 0.503 e. The van der Waals surface area contributed by atoms with Crippen LogP contribution in [-0.4, -0.2) is 54.6 Å². The van der Waals surface area contributed by atoms with Gasteiger partial charge in [-0.1, -0.05) is 30.3 Å². The summed E-state index contributed by atoms with van der Waals surface area (Å²) in [6.07, 6.45) is 2.43. The van der Waals surface area contributed by atoms with E-state index in [0.717, 1.165) is 27.8 Å². The van der Waals surface area contributed by atoms with Crippen molar-refractivity contribution in [1.29, 1.82) is 0 Å². The number of benzene rings is 3. The smallest absolute Gasteiger partial charge is 0.290 e. The van der Waals surface area contributed by atoms with Gasteiger partial charge in [-0.2, -0.15) is 0 Å². The number of aromatic nitrogens is 1. The van der Waals surface area contributed by atoms with Gasteiger partial charge in [-0.15, -0.1) is 0 Å². The predicted molar refractivity (Wildman–Crippen MR) is 147 cm³/mol. The molecule has 1 aliphatic rings. The number of carbonyl (C=O) groups is 2. The Labute approximate surface area is 226 Å². The van der Waals surface area contributed by atoms with Crippen molar-refractivity contribution in [3.05, 3.63) is 101 Å². The van der Waals surface area contributed by atoms with Crippen LogP contribution in [0, 0.1) is 0 Å². The summed E-state index contributed by atoms with van der Waals surface area (Å²) in [5.74, 6) is 0.289. The third kappa shape index (κ3) is 4.93. The highest BCUT2D eigenvalue weighted by molar-refractivity contribution is 6.09. The number of methoxy groups -OCH3 is 3. The highest BCUT2D eigenvalue weighted by Crippen LogP contribution is 2.43. The van der Waals surface area contributed by atoms with Gasteiger partial charge in [0.25, 0.3) is 5.91 Å². The monoisotopic (exact) mass is 526 g/mol. The zero-order valence-corrected chi connectivity index (χ0v) is 22.1.